The zero-order chi connectivity index (χ0) is 13.5. The molecule has 0 bridgehead atoms. The third-order valence-electron chi connectivity index (χ3n) is 2.25. The van der Waals surface area contributed by atoms with Gasteiger partial charge in [0.2, 0.25) is 0 Å². The van der Waals surface area contributed by atoms with Gasteiger partial charge in [-0.15, -0.1) is 0 Å². The van der Waals surface area contributed by atoms with Crippen LogP contribution in [0.5, 0.6) is 0 Å². The monoisotopic (exact) mass is 270 g/mol. The second kappa shape index (κ2) is 7.01. The summed E-state index contributed by atoms with van der Waals surface area (Å²) in [5, 5.41) is 0.533. The molecule has 0 atom stereocenters. The quantitative estimate of drug-likeness (QED) is 0.609. The first-order valence-electron chi connectivity index (χ1n) is 5.68. The van der Waals surface area contributed by atoms with E-state index in [0.717, 1.165) is 0 Å². The predicted octanol–water partition coefficient (Wildman–Crippen LogP) is 2.55. The molecule has 0 fully saturated rings. The minimum Gasteiger partial charge on any atom is -0.465 e. The van der Waals surface area contributed by atoms with Gasteiger partial charge in [0, 0.05) is 5.02 Å². The van der Waals surface area contributed by atoms with E-state index < -0.39 is 17.9 Å². The summed E-state index contributed by atoms with van der Waals surface area (Å²) in [5.74, 6) is -2.28. The summed E-state index contributed by atoms with van der Waals surface area (Å²) in [6.07, 6.45) is 0. The van der Waals surface area contributed by atoms with Crippen LogP contribution >= 0.6 is 11.6 Å². The molecule has 4 nitrogen and oxygen atoms in total. The maximum absolute atomic E-state index is 11.8. The number of rotatable bonds is 5. The highest BCUT2D eigenvalue weighted by molar-refractivity contribution is 6.30. The number of halogens is 1. The molecule has 0 unspecified atom stereocenters. The Hall–Kier alpha value is -1.55. The molecule has 0 spiro atoms. The number of carbonyl (C=O) groups is 2. The van der Waals surface area contributed by atoms with Gasteiger partial charge in [-0.2, -0.15) is 0 Å². The normalized spacial score (nSPS) is 10.2. The van der Waals surface area contributed by atoms with Gasteiger partial charge in [0.05, 0.1) is 13.2 Å². The molecule has 0 aliphatic heterocycles. The molecule has 0 heterocycles. The van der Waals surface area contributed by atoms with Crippen LogP contribution in [-0.2, 0) is 19.1 Å². The number of hydrogen-bond acceptors (Lipinski definition) is 4. The van der Waals surface area contributed by atoms with Crippen molar-refractivity contribution in [1.82, 2.24) is 0 Å². The van der Waals surface area contributed by atoms with Crippen LogP contribution in [0.25, 0.3) is 0 Å². The zero-order valence-electron chi connectivity index (χ0n) is 10.3. The minimum atomic E-state index is -1.05. The van der Waals surface area contributed by atoms with Crippen molar-refractivity contribution in [3.8, 4) is 0 Å². The van der Waals surface area contributed by atoms with Gasteiger partial charge in [-0.3, -0.25) is 9.59 Å². The second-order valence-electron chi connectivity index (χ2n) is 3.49. The first-order valence-corrected chi connectivity index (χ1v) is 6.06. The Morgan fingerprint density at radius 2 is 1.50 bits per heavy atom. The Bertz CT molecular complexity index is 396. The lowest BCUT2D eigenvalue weighted by molar-refractivity contribution is -0.156. The van der Waals surface area contributed by atoms with Gasteiger partial charge in [0.1, 0.15) is 0 Å². The lowest BCUT2D eigenvalue weighted by Crippen LogP contribution is -2.26. The Morgan fingerprint density at radius 1 is 1.06 bits per heavy atom. The number of ether oxygens (including phenoxy) is 2. The highest BCUT2D eigenvalue weighted by Crippen LogP contribution is 2.21. The summed E-state index contributed by atoms with van der Waals surface area (Å²) in [6, 6.07) is 6.45. The fraction of sp³-hybridized carbons (Fsp3) is 0.385. The molecule has 0 saturated heterocycles. The van der Waals surface area contributed by atoms with E-state index in [4.69, 9.17) is 21.1 Å². The maximum atomic E-state index is 11.8. The van der Waals surface area contributed by atoms with E-state index in [1.807, 2.05) is 0 Å². The molecule has 0 amide bonds. The Balaban J connectivity index is 2.99. The minimum absolute atomic E-state index is 0.211. The molecule has 0 saturated carbocycles. The van der Waals surface area contributed by atoms with E-state index in [1.54, 1.807) is 38.1 Å². The molecule has 1 aromatic carbocycles. The fourth-order valence-electron chi connectivity index (χ4n) is 1.47. The van der Waals surface area contributed by atoms with Crippen molar-refractivity contribution in [3.05, 3.63) is 34.9 Å². The first kappa shape index (κ1) is 14.5. The van der Waals surface area contributed by atoms with E-state index in [9.17, 15) is 9.59 Å². The number of esters is 2. The van der Waals surface area contributed by atoms with Gasteiger partial charge >= 0.3 is 11.9 Å². The summed E-state index contributed by atoms with van der Waals surface area (Å²) in [4.78, 5) is 23.6. The van der Waals surface area contributed by atoms with Crippen LogP contribution in [0.1, 0.15) is 25.3 Å². The van der Waals surface area contributed by atoms with Crippen molar-refractivity contribution in [1.29, 1.82) is 0 Å². The molecule has 0 aliphatic rings. The van der Waals surface area contributed by atoms with Crippen molar-refractivity contribution >= 4 is 23.5 Å². The summed E-state index contributed by atoms with van der Waals surface area (Å²) in [5.41, 5.74) is 0.510. The summed E-state index contributed by atoms with van der Waals surface area (Å²) in [6.45, 7) is 3.79. The van der Waals surface area contributed by atoms with Crippen molar-refractivity contribution in [2.45, 2.75) is 19.8 Å². The van der Waals surface area contributed by atoms with E-state index >= 15 is 0 Å². The van der Waals surface area contributed by atoms with Gasteiger partial charge in [-0.25, -0.2) is 0 Å². The van der Waals surface area contributed by atoms with E-state index in [0.29, 0.717) is 10.6 Å². The zero-order valence-corrected chi connectivity index (χ0v) is 11.1. The van der Waals surface area contributed by atoms with Crippen LogP contribution in [0.15, 0.2) is 24.3 Å². The second-order valence-corrected chi connectivity index (χ2v) is 3.93. The van der Waals surface area contributed by atoms with Crippen LogP contribution in [0.3, 0.4) is 0 Å². The van der Waals surface area contributed by atoms with Crippen LogP contribution in [0.4, 0.5) is 0 Å². The maximum Gasteiger partial charge on any atom is 0.324 e. The molecule has 18 heavy (non-hydrogen) atoms. The van der Waals surface area contributed by atoms with Gasteiger partial charge in [0.25, 0.3) is 0 Å². The molecular formula is C13H15ClO4. The van der Waals surface area contributed by atoms with Gasteiger partial charge in [0.15, 0.2) is 5.92 Å². The predicted molar refractivity (Wildman–Crippen MR) is 67.5 cm³/mol. The lowest BCUT2D eigenvalue weighted by Gasteiger charge is -2.14. The molecule has 5 heteroatoms. The molecular weight excluding hydrogens is 256 g/mol. The van der Waals surface area contributed by atoms with Crippen molar-refractivity contribution in [2.24, 2.45) is 0 Å². The summed E-state index contributed by atoms with van der Waals surface area (Å²) in [7, 11) is 0. The number of hydrogen-bond donors (Lipinski definition) is 0. The Labute approximate surface area is 111 Å². The average molecular weight is 271 g/mol. The molecule has 0 aromatic heterocycles. The lowest BCUT2D eigenvalue weighted by atomic mass is 9.99. The third-order valence-corrected chi connectivity index (χ3v) is 2.50. The van der Waals surface area contributed by atoms with E-state index in [2.05, 4.69) is 0 Å². The molecule has 1 rings (SSSR count). The fourth-order valence-corrected chi connectivity index (χ4v) is 1.60. The van der Waals surface area contributed by atoms with Crippen LogP contribution in [-0.4, -0.2) is 25.2 Å². The number of benzene rings is 1. The molecule has 98 valence electrons. The molecule has 0 N–H and O–H groups in total. The van der Waals surface area contributed by atoms with Crippen molar-refractivity contribution in [2.75, 3.05) is 13.2 Å². The SMILES string of the molecule is CCOC(=O)C(C(=O)OCC)c1ccc(Cl)cc1. The van der Waals surface area contributed by atoms with E-state index in [-0.39, 0.29) is 13.2 Å². The molecule has 0 radical (unpaired) electrons. The topological polar surface area (TPSA) is 52.6 Å². The van der Waals surface area contributed by atoms with Crippen LogP contribution < -0.4 is 0 Å². The average Bonchev–Trinajstić information content (AvgIpc) is 2.33. The van der Waals surface area contributed by atoms with Crippen LogP contribution in [0.2, 0.25) is 5.02 Å². The van der Waals surface area contributed by atoms with Crippen LogP contribution in [0, 0.1) is 0 Å². The first-order chi connectivity index (χ1) is 8.60. The molecule has 1 aromatic rings. The molecule has 0 aliphatic carbocycles. The standard InChI is InChI=1S/C13H15ClO4/c1-3-17-12(15)11(13(16)18-4-2)9-5-7-10(14)8-6-9/h5-8,11H,3-4H2,1-2H3. The number of carbonyl (C=O) groups excluding carboxylic acids is 2. The van der Waals surface area contributed by atoms with Gasteiger partial charge in [-0.1, -0.05) is 23.7 Å². The van der Waals surface area contributed by atoms with Crippen molar-refractivity contribution in [3.63, 3.8) is 0 Å². The van der Waals surface area contributed by atoms with Gasteiger partial charge < -0.3 is 9.47 Å². The van der Waals surface area contributed by atoms with E-state index in [1.165, 1.54) is 0 Å². The largest absolute Gasteiger partial charge is 0.465 e. The van der Waals surface area contributed by atoms with Crippen molar-refractivity contribution < 1.29 is 19.1 Å². The highest BCUT2D eigenvalue weighted by atomic mass is 35.5. The Kier molecular flexibility index (Phi) is 5.65. The third kappa shape index (κ3) is 3.74. The Morgan fingerprint density at radius 3 is 1.89 bits per heavy atom. The highest BCUT2D eigenvalue weighted by Gasteiger charge is 2.31. The summed E-state index contributed by atoms with van der Waals surface area (Å²) >= 11 is 5.77. The smallest absolute Gasteiger partial charge is 0.324 e. The summed E-state index contributed by atoms with van der Waals surface area (Å²) < 4.78 is 9.77. The van der Waals surface area contributed by atoms with Gasteiger partial charge in [-0.05, 0) is 31.5 Å².